The minimum Gasteiger partial charge on any atom is -0.508 e. The van der Waals surface area contributed by atoms with Gasteiger partial charge >= 0.3 is 5.97 Å². The summed E-state index contributed by atoms with van der Waals surface area (Å²) in [6, 6.07) is 3.45. The summed E-state index contributed by atoms with van der Waals surface area (Å²) in [6.07, 6.45) is 10.4. The van der Waals surface area contributed by atoms with Gasteiger partial charge < -0.3 is 20.1 Å². The number of ether oxygens (including phenoxy) is 1. The lowest BCUT2D eigenvalue weighted by atomic mass is 9.87. The van der Waals surface area contributed by atoms with Gasteiger partial charge in [0.05, 0.1) is 5.41 Å². The van der Waals surface area contributed by atoms with E-state index in [4.69, 9.17) is 9.84 Å². The first kappa shape index (κ1) is 27.8. The van der Waals surface area contributed by atoms with Crippen LogP contribution < -0.4 is 0 Å². The van der Waals surface area contributed by atoms with Crippen LogP contribution in [0.25, 0.3) is 0 Å². The SMILES string of the molecule is CC(C)(CCCCCCc1c(O)ccc(CCCCCCC(C)(C)C(=O)O)c1O)OC=O. The second kappa shape index (κ2) is 13.3. The number of rotatable bonds is 17. The van der Waals surface area contributed by atoms with Crippen LogP contribution in [-0.4, -0.2) is 33.4 Å². The predicted octanol–water partition coefficient (Wildman–Crippen LogP) is 6.15. The van der Waals surface area contributed by atoms with Gasteiger partial charge in [0, 0.05) is 5.56 Å². The van der Waals surface area contributed by atoms with Crippen LogP contribution in [0.1, 0.15) is 103 Å². The third-order valence-electron chi connectivity index (χ3n) is 6.24. The summed E-state index contributed by atoms with van der Waals surface area (Å²) >= 11 is 0. The van der Waals surface area contributed by atoms with Crippen molar-refractivity contribution in [1.29, 1.82) is 0 Å². The molecule has 6 nitrogen and oxygen atoms in total. The van der Waals surface area contributed by atoms with Crippen LogP contribution >= 0.6 is 0 Å². The van der Waals surface area contributed by atoms with Crippen molar-refractivity contribution in [3.05, 3.63) is 23.3 Å². The van der Waals surface area contributed by atoms with Crippen molar-refractivity contribution in [2.45, 2.75) is 110 Å². The summed E-state index contributed by atoms with van der Waals surface area (Å²) in [6.45, 7) is 7.82. The predicted molar refractivity (Wildman–Crippen MR) is 126 cm³/mol. The number of hydrogen-bond donors (Lipinski definition) is 3. The Labute approximate surface area is 193 Å². The Morgan fingerprint density at radius 3 is 2.03 bits per heavy atom. The normalized spacial score (nSPS) is 12.0. The summed E-state index contributed by atoms with van der Waals surface area (Å²) < 4.78 is 5.06. The third kappa shape index (κ3) is 9.92. The average Bonchev–Trinajstić information content (AvgIpc) is 2.70. The highest BCUT2D eigenvalue weighted by molar-refractivity contribution is 5.73. The Hall–Kier alpha value is -2.24. The summed E-state index contributed by atoms with van der Waals surface area (Å²) in [5.74, 6) is -0.407. The number of carbonyl (C=O) groups excluding carboxylic acids is 1. The quantitative estimate of drug-likeness (QED) is 0.194. The molecule has 182 valence electrons. The smallest absolute Gasteiger partial charge is 0.309 e. The van der Waals surface area contributed by atoms with Crippen LogP contribution in [-0.2, 0) is 27.2 Å². The van der Waals surface area contributed by atoms with Crippen molar-refractivity contribution in [2.24, 2.45) is 5.41 Å². The van der Waals surface area contributed by atoms with Gasteiger partial charge in [-0.2, -0.15) is 0 Å². The number of carbonyl (C=O) groups is 2. The van der Waals surface area contributed by atoms with Gasteiger partial charge in [0.1, 0.15) is 17.1 Å². The van der Waals surface area contributed by atoms with Gasteiger partial charge in [0.15, 0.2) is 0 Å². The van der Waals surface area contributed by atoms with Crippen molar-refractivity contribution in [3.8, 4) is 11.5 Å². The van der Waals surface area contributed by atoms with Crippen molar-refractivity contribution in [2.75, 3.05) is 0 Å². The Kier molecular flexibility index (Phi) is 11.6. The molecule has 0 saturated heterocycles. The molecule has 0 aliphatic rings. The van der Waals surface area contributed by atoms with E-state index in [0.29, 0.717) is 24.9 Å². The Morgan fingerprint density at radius 1 is 0.875 bits per heavy atom. The molecule has 0 atom stereocenters. The summed E-state index contributed by atoms with van der Waals surface area (Å²) in [5.41, 5.74) is 0.370. The third-order valence-corrected chi connectivity index (χ3v) is 6.24. The number of phenols is 2. The molecule has 3 N–H and O–H groups in total. The highest BCUT2D eigenvalue weighted by Crippen LogP contribution is 2.33. The second-order valence-electron chi connectivity index (χ2n) is 10.1. The maximum atomic E-state index is 11.1. The molecule has 0 radical (unpaired) electrons. The maximum absolute atomic E-state index is 11.1. The van der Waals surface area contributed by atoms with E-state index in [1.165, 1.54) is 0 Å². The first-order valence-corrected chi connectivity index (χ1v) is 11.9. The molecule has 0 unspecified atom stereocenters. The molecular formula is C26H42O6. The van der Waals surface area contributed by atoms with Crippen LogP contribution in [0.3, 0.4) is 0 Å². The Balaban J connectivity index is 2.38. The lowest BCUT2D eigenvalue weighted by Gasteiger charge is -2.22. The summed E-state index contributed by atoms with van der Waals surface area (Å²) in [4.78, 5) is 21.6. The largest absolute Gasteiger partial charge is 0.508 e. The van der Waals surface area contributed by atoms with E-state index in [0.717, 1.165) is 69.8 Å². The highest BCUT2D eigenvalue weighted by atomic mass is 16.5. The van der Waals surface area contributed by atoms with E-state index in [2.05, 4.69) is 0 Å². The first-order valence-electron chi connectivity index (χ1n) is 11.9. The molecule has 0 spiro atoms. The van der Waals surface area contributed by atoms with Crippen molar-refractivity contribution < 1.29 is 29.6 Å². The molecule has 6 heteroatoms. The lowest BCUT2D eigenvalue weighted by Crippen LogP contribution is -2.23. The molecule has 1 aromatic carbocycles. The van der Waals surface area contributed by atoms with E-state index >= 15 is 0 Å². The van der Waals surface area contributed by atoms with E-state index < -0.39 is 17.0 Å². The van der Waals surface area contributed by atoms with Crippen molar-refractivity contribution >= 4 is 12.4 Å². The number of carboxylic acids is 1. The molecule has 1 aromatic rings. The number of phenolic OH excluding ortho intramolecular Hbond substituents is 2. The molecule has 32 heavy (non-hydrogen) atoms. The minimum atomic E-state index is -0.755. The highest BCUT2D eigenvalue weighted by Gasteiger charge is 2.26. The van der Waals surface area contributed by atoms with E-state index in [9.17, 15) is 19.8 Å². The fourth-order valence-electron chi connectivity index (χ4n) is 3.86. The number of hydrogen-bond acceptors (Lipinski definition) is 5. The van der Waals surface area contributed by atoms with Gasteiger partial charge in [-0.3, -0.25) is 9.59 Å². The number of aromatic hydroxyl groups is 2. The number of aryl methyl sites for hydroxylation is 1. The zero-order chi connectivity index (χ0) is 24.2. The zero-order valence-electron chi connectivity index (χ0n) is 20.3. The van der Waals surface area contributed by atoms with E-state index in [1.54, 1.807) is 26.0 Å². The van der Waals surface area contributed by atoms with Crippen molar-refractivity contribution in [3.63, 3.8) is 0 Å². The molecule has 0 aliphatic heterocycles. The molecular weight excluding hydrogens is 408 g/mol. The fourth-order valence-corrected chi connectivity index (χ4v) is 3.86. The van der Waals surface area contributed by atoms with Crippen LogP contribution in [0, 0.1) is 5.41 Å². The lowest BCUT2D eigenvalue weighted by molar-refractivity contribution is -0.147. The molecule has 0 amide bonds. The standard InChI is InChI=1S/C26H42O6/c1-25(2,24(30)31)17-11-7-5-9-13-20-15-16-22(28)21(23(20)29)14-10-6-8-12-18-26(3,4)32-19-27/h15-16,19,28-29H,5-14,17-18H2,1-4H3,(H,30,31). The molecule has 0 aliphatic carbocycles. The molecule has 0 bridgehead atoms. The van der Waals surface area contributed by atoms with Crippen LogP contribution in [0.2, 0.25) is 0 Å². The summed E-state index contributed by atoms with van der Waals surface area (Å²) in [7, 11) is 0. The fraction of sp³-hybridized carbons (Fsp3) is 0.692. The Morgan fingerprint density at radius 2 is 1.44 bits per heavy atom. The van der Waals surface area contributed by atoms with Crippen LogP contribution in [0.5, 0.6) is 11.5 Å². The monoisotopic (exact) mass is 450 g/mol. The first-order chi connectivity index (χ1) is 15.0. The second-order valence-corrected chi connectivity index (χ2v) is 10.1. The van der Waals surface area contributed by atoms with E-state index in [-0.39, 0.29) is 11.5 Å². The summed E-state index contributed by atoms with van der Waals surface area (Å²) in [5, 5.41) is 30.0. The van der Waals surface area contributed by atoms with Crippen molar-refractivity contribution in [1.82, 2.24) is 0 Å². The zero-order valence-corrected chi connectivity index (χ0v) is 20.3. The average molecular weight is 451 g/mol. The molecule has 1 rings (SSSR count). The maximum Gasteiger partial charge on any atom is 0.309 e. The number of carboxylic acid groups (broad SMARTS) is 1. The van der Waals surface area contributed by atoms with Gasteiger partial charge in [-0.05, 0) is 84.3 Å². The molecule has 0 aromatic heterocycles. The molecule has 0 fully saturated rings. The van der Waals surface area contributed by atoms with Crippen LogP contribution in [0.15, 0.2) is 12.1 Å². The van der Waals surface area contributed by atoms with Gasteiger partial charge in [0.2, 0.25) is 0 Å². The Bertz CT molecular complexity index is 723. The van der Waals surface area contributed by atoms with Gasteiger partial charge in [0.25, 0.3) is 6.47 Å². The van der Waals surface area contributed by atoms with Gasteiger partial charge in [-0.15, -0.1) is 0 Å². The van der Waals surface area contributed by atoms with Gasteiger partial charge in [-0.1, -0.05) is 38.2 Å². The minimum absolute atomic E-state index is 0.141. The molecule has 0 heterocycles. The topological polar surface area (TPSA) is 104 Å². The molecule has 0 saturated carbocycles. The van der Waals surface area contributed by atoms with Crippen LogP contribution in [0.4, 0.5) is 0 Å². The number of benzene rings is 1. The van der Waals surface area contributed by atoms with E-state index in [1.807, 2.05) is 13.8 Å². The number of aliphatic carboxylic acids is 1. The van der Waals surface area contributed by atoms with Gasteiger partial charge in [-0.25, -0.2) is 0 Å². The number of unbranched alkanes of at least 4 members (excludes halogenated alkanes) is 6.